The predicted octanol–water partition coefficient (Wildman–Crippen LogP) is 4.99. The van der Waals surface area contributed by atoms with Gasteiger partial charge in [0.25, 0.3) is 0 Å². The number of thioether (sulfide) groups is 1. The minimum absolute atomic E-state index is 1.10. The third kappa shape index (κ3) is 1.80. The van der Waals surface area contributed by atoms with E-state index in [0.717, 1.165) is 10.0 Å². The van der Waals surface area contributed by atoms with E-state index in [2.05, 4.69) is 40.3 Å². The van der Waals surface area contributed by atoms with Crippen molar-refractivity contribution < 1.29 is 0 Å². The van der Waals surface area contributed by atoms with Gasteiger partial charge in [-0.1, -0.05) is 35.2 Å². The number of hydrogen-bond acceptors (Lipinski definition) is 6. The SMILES string of the molecule is c1csc([C]2Nc3sc(-c4cccs4)nc3S2)c1. The highest BCUT2D eigenvalue weighted by atomic mass is 32.2. The zero-order valence-corrected chi connectivity index (χ0v) is 12.3. The van der Waals surface area contributed by atoms with Crippen LogP contribution in [0.4, 0.5) is 5.00 Å². The minimum atomic E-state index is 1.10. The van der Waals surface area contributed by atoms with Crippen LogP contribution in [-0.4, -0.2) is 4.98 Å². The molecule has 0 bridgehead atoms. The fraction of sp³-hybridized carbons (Fsp3) is 0. The lowest BCUT2D eigenvalue weighted by Crippen LogP contribution is -1.98. The number of nitrogens with zero attached hydrogens (tertiary/aromatic N) is 1. The number of hydrogen-bond donors (Lipinski definition) is 1. The van der Waals surface area contributed by atoms with E-state index in [1.807, 2.05) is 0 Å². The van der Waals surface area contributed by atoms with Gasteiger partial charge in [-0.15, -0.1) is 22.7 Å². The van der Waals surface area contributed by atoms with Gasteiger partial charge in [-0.05, 0) is 22.9 Å². The summed E-state index contributed by atoms with van der Waals surface area (Å²) in [4.78, 5) is 7.23. The molecule has 4 rings (SSSR count). The zero-order valence-electron chi connectivity index (χ0n) is 9.04. The van der Waals surface area contributed by atoms with Crippen LogP contribution < -0.4 is 5.32 Å². The van der Waals surface area contributed by atoms with E-state index in [-0.39, 0.29) is 0 Å². The third-order valence-electron chi connectivity index (χ3n) is 2.50. The van der Waals surface area contributed by atoms with Gasteiger partial charge < -0.3 is 5.32 Å². The number of thiazole rings is 1. The second kappa shape index (κ2) is 4.38. The van der Waals surface area contributed by atoms with Crippen molar-refractivity contribution >= 4 is 50.8 Å². The van der Waals surface area contributed by atoms with Crippen LogP contribution >= 0.6 is 45.8 Å². The number of nitrogens with one attached hydrogen (secondary N) is 1. The van der Waals surface area contributed by atoms with Crippen LogP contribution in [0, 0.1) is 5.37 Å². The molecule has 0 saturated heterocycles. The summed E-state index contributed by atoms with van der Waals surface area (Å²) in [6, 6.07) is 8.40. The Labute approximate surface area is 121 Å². The van der Waals surface area contributed by atoms with Gasteiger partial charge in [0.2, 0.25) is 0 Å². The standard InChI is InChI=1S/C12H7N2S4/c1-3-7(15-5-1)9-13-11-12(17-9)14-10(18-11)8-4-2-6-16-8/h1-6,13H. The van der Waals surface area contributed by atoms with E-state index in [0.29, 0.717) is 0 Å². The first kappa shape index (κ1) is 11.0. The number of aromatic nitrogens is 1. The van der Waals surface area contributed by atoms with E-state index < -0.39 is 0 Å². The molecule has 0 aromatic carbocycles. The summed E-state index contributed by atoms with van der Waals surface area (Å²) in [6.45, 7) is 0. The molecule has 0 atom stereocenters. The maximum absolute atomic E-state index is 4.71. The first-order valence-corrected chi connectivity index (χ1v) is 8.70. The fourth-order valence-corrected chi connectivity index (χ4v) is 5.42. The van der Waals surface area contributed by atoms with E-state index in [4.69, 9.17) is 4.98 Å². The monoisotopic (exact) mass is 307 g/mol. The lowest BCUT2D eigenvalue weighted by atomic mass is 10.4. The molecule has 6 heteroatoms. The van der Waals surface area contributed by atoms with Crippen molar-refractivity contribution in [1.29, 1.82) is 0 Å². The van der Waals surface area contributed by atoms with Gasteiger partial charge in [0.05, 0.1) is 4.88 Å². The second-order valence-corrected chi connectivity index (χ2v) is 7.56. The van der Waals surface area contributed by atoms with Gasteiger partial charge >= 0.3 is 0 Å². The van der Waals surface area contributed by atoms with Gasteiger partial charge in [-0.3, -0.25) is 0 Å². The average Bonchev–Trinajstić information content (AvgIpc) is 3.13. The molecule has 89 valence electrons. The minimum Gasteiger partial charge on any atom is -0.352 e. The van der Waals surface area contributed by atoms with Crippen LogP contribution in [0.2, 0.25) is 0 Å². The van der Waals surface area contributed by atoms with Crippen molar-refractivity contribution in [2.24, 2.45) is 0 Å². The summed E-state index contributed by atoms with van der Waals surface area (Å²) in [6.07, 6.45) is 0. The molecule has 1 radical (unpaired) electrons. The molecule has 0 aliphatic carbocycles. The van der Waals surface area contributed by atoms with Crippen molar-refractivity contribution in [3.05, 3.63) is 45.3 Å². The van der Waals surface area contributed by atoms with Gasteiger partial charge in [0.15, 0.2) is 5.37 Å². The van der Waals surface area contributed by atoms with Crippen LogP contribution in [0.1, 0.15) is 4.88 Å². The lowest BCUT2D eigenvalue weighted by molar-refractivity contribution is 1.23. The molecule has 3 aromatic rings. The Kier molecular flexibility index (Phi) is 2.69. The number of thiophene rings is 2. The highest BCUT2D eigenvalue weighted by molar-refractivity contribution is 8.03. The molecule has 1 N–H and O–H groups in total. The average molecular weight is 307 g/mol. The summed E-state index contributed by atoms with van der Waals surface area (Å²) in [5.74, 6) is 0. The normalized spacial score (nSPS) is 14.7. The Bertz CT molecular complexity index is 631. The molecule has 1 aliphatic heterocycles. The quantitative estimate of drug-likeness (QED) is 0.722. The largest absolute Gasteiger partial charge is 0.352 e. The number of anilines is 1. The number of fused-ring (bicyclic) bond motifs is 1. The first-order valence-electron chi connectivity index (χ1n) is 5.30. The molecule has 0 amide bonds. The molecule has 0 saturated carbocycles. The maximum atomic E-state index is 4.71. The Morgan fingerprint density at radius 1 is 1.00 bits per heavy atom. The Hall–Kier alpha value is -0.820. The Morgan fingerprint density at radius 2 is 1.78 bits per heavy atom. The van der Waals surface area contributed by atoms with Crippen molar-refractivity contribution in [1.82, 2.24) is 4.98 Å². The van der Waals surface area contributed by atoms with E-state index in [1.165, 1.54) is 20.1 Å². The smallest absolute Gasteiger partial charge is 0.164 e. The Morgan fingerprint density at radius 3 is 2.44 bits per heavy atom. The number of rotatable bonds is 2. The van der Waals surface area contributed by atoms with Crippen LogP contribution in [0.15, 0.2) is 40.1 Å². The molecule has 0 unspecified atom stereocenters. The van der Waals surface area contributed by atoms with Crippen molar-refractivity contribution in [2.75, 3.05) is 5.32 Å². The summed E-state index contributed by atoms with van der Waals surface area (Å²) >= 11 is 6.96. The molecular weight excluding hydrogens is 300 g/mol. The topological polar surface area (TPSA) is 24.9 Å². The van der Waals surface area contributed by atoms with Crippen LogP contribution in [0.3, 0.4) is 0 Å². The predicted molar refractivity (Wildman–Crippen MR) is 81.6 cm³/mol. The first-order chi connectivity index (χ1) is 8.90. The summed E-state index contributed by atoms with van der Waals surface area (Å²) < 4.78 is 0. The van der Waals surface area contributed by atoms with Gasteiger partial charge in [0.1, 0.15) is 15.0 Å². The van der Waals surface area contributed by atoms with E-state index in [1.54, 1.807) is 45.8 Å². The van der Waals surface area contributed by atoms with Crippen molar-refractivity contribution in [3.8, 4) is 9.88 Å². The molecular formula is C12H7N2S4. The second-order valence-electron chi connectivity index (χ2n) is 3.66. The molecule has 2 nitrogen and oxygen atoms in total. The molecule has 0 spiro atoms. The Balaban J connectivity index is 1.63. The summed E-state index contributed by atoms with van der Waals surface area (Å²) in [5.41, 5.74) is 0. The highest BCUT2D eigenvalue weighted by Crippen LogP contribution is 2.50. The third-order valence-corrected chi connectivity index (χ3v) is 6.67. The van der Waals surface area contributed by atoms with Crippen molar-refractivity contribution in [2.45, 2.75) is 5.03 Å². The summed E-state index contributed by atoms with van der Waals surface area (Å²) in [5, 5.41) is 12.3. The van der Waals surface area contributed by atoms with E-state index in [9.17, 15) is 0 Å². The van der Waals surface area contributed by atoms with Gasteiger partial charge in [0, 0.05) is 4.88 Å². The highest BCUT2D eigenvalue weighted by Gasteiger charge is 2.29. The molecule has 3 aromatic heterocycles. The maximum Gasteiger partial charge on any atom is 0.164 e. The van der Waals surface area contributed by atoms with Crippen molar-refractivity contribution in [3.63, 3.8) is 0 Å². The van der Waals surface area contributed by atoms with Crippen LogP contribution in [0.25, 0.3) is 9.88 Å². The lowest BCUT2D eigenvalue weighted by Gasteiger charge is -2.05. The molecule has 4 heterocycles. The summed E-state index contributed by atoms with van der Waals surface area (Å²) in [7, 11) is 0. The zero-order chi connectivity index (χ0) is 11.9. The fourth-order valence-electron chi connectivity index (χ4n) is 1.70. The van der Waals surface area contributed by atoms with Crippen LogP contribution in [-0.2, 0) is 0 Å². The molecule has 1 aliphatic rings. The van der Waals surface area contributed by atoms with Gasteiger partial charge in [-0.2, -0.15) is 0 Å². The molecule has 0 fully saturated rings. The van der Waals surface area contributed by atoms with E-state index >= 15 is 0 Å². The van der Waals surface area contributed by atoms with Crippen LogP contribution in [0.5, 0.6) is 0 Å². The van der Waals surface area contributed by atoms with Gasteiger partial charge in [-0.25, -0.2) is 4.98 Å². The molecule has 18 heavy (non-hydrogen) atoms.